The first-order valence-electron chi connectivity index (χ1n) is 3.77. The van der Waals surface area contributed by atoms with Gasteiger partial charge >= 0.3 is 0 Å². The number of aliphatic imine (C=N–C) groups is 1. The van der Waals surface area contributed by atoms with Gasteiger partial charge in [0.1, 0.15) is 0 Å². The third-order valence-corrected chi connectivity index (χ3v) is 1.52. The van der Waals surface area contributed by atoms with Crippen LogP contribution in [0.3, 0.4) is 0 Å². The second-order valence-electron chi connectivity index (χ2n) is 2.52. The molecule has 1 aromatic rings. The number of hydroxylamine groups is 1. The fourth-order valence-electron chi connectivity index (χ4n) is 0.864. The Balaban J connectivity index is 2.89. The molecule has 0 saturated heterocycles. The van der Waals surface area contributed by atoms with Gasteiger partial charge in [0, 0.05) is 5.56 Å². The van der Waals surface area contributed by atoms with E-state index in [0.29, 0.717) is 11.3 Å². The first-order valence-corrected chi connectivity index (χ1v) is 3.77. The average molecular weight is 194 g/mol. The lowest BCUT2D eigenvalue weighted by Gasteiger charge is -1.98. The number of nitrogens with zero attached hydrogens (tertiary/aromatic N) is 1. The predicted molar refractivity (Wildman–Crippen MR) is 51.2 cm³/mol. The summed E-state index contributed by atoms with van der Waals surface area (Å²) in [6, 6.07) is 6.16. The van der Waals surface area contributed by atoms with Gasteiger partial charge in [0.2, 0.25) is 11.9 Å². The van der Waals surface area contributed by atoms with E-state index in [1.807, 2.05) is 0 Å². The zero-order valence-electron chi connectivity index (χ0n) is 7.27. The van der Waals surface area contributed by atoms with Crippen LogP contribution in [0.15, 0.2) is 29.3 Å². The predicted octanol–water partition coefficient (Wildman–Crippen LogP) is -0.289. The average Bonchev–Trinajstić information content (AvgIpc) is 2.18. The minimum atomic E-state index is -0.506. The topological polar surface area (TPSA) is 114 Å². The van der Waals surface area contributed by atoms with Crippen LogP contribution >= 0.6 is 0 Å². The molecule has 0 aliphatic carbocycles. The fraction of sp³-hybridized carbons (Fsp3) is 0. The molecular formula is C8H10N4O2. The number of hydrogen-bond donors (Lipinski definition) is 4. The van der Waals surface area contributed by atoms with Crippen LogP contribution in [-0.2, 0) is 0 Å². The Kier molecular flexibility index (Phi) is 3.03. The van der Waals surface area contributed by atoms with Crippen LogP contribution in [0, 0.1) is 0 Å². The van der Waals surface area contributed by atoms with Gasteiger partial charge in [0.25, 0.3) is 0 Å². The van der Waals surface area contributed by atoms with Gasteiger partial charge in [-0.15, -0.1) is 0 Å². The molecular weight excluding hydrogens is 184 g/mol. The van der Waals surface area contributed by atoms with Crippen molar-refractivity contribution in [2.75, 3.05) is 0 Å². The van der Waals surface area contributed by atoms with Crippen molar-refractivity contribution in [2.45, 2.75) is 0 Å². The molecule has 0 unspecified atom stereocenters. The Morgan fingerprint density at radius 1 is 1.29 bits per heavy atom. The largest absolute Gasteiger partial charge is 0.368 e. The number of nitrogens with two attached hydrogens (primary N) is 2. The maximum atomic E-state index is 10.7. The van der Waals surface area contributed by atoms with Gasteiger partial charge in [-0.2, -0.15) is 0 Å². The lowest BCUT2D eigenvalue weighted by Crippen LogP contribution is -2.27. The maximum Gasteiger partial charge on any atom is 0.248 e. The summed E-state index contributed by atoms with van der Waals surface area (Å²) < 4.78 is 0. The van der Waals surface area contributed by atoms with Gasteiger partial charge in [-0.05, 0) is 24.3 Å². The number of benzene rings is 1. The van der Waals surface area contributed by atoms with E-state index in [1.54, 1.807) is 17.6 Å². The van der Waals surface area contributed by atoms with Gasteiger partial charge in [-0.1, -0.05) is 0 Å². The molecule has 1 aromatic carbocycles. The monoisotopic (exact) mass is 194 g/mol. The standard InChI is InChI=1S/C8H10N4O2/c9-7(13)5-1-3-6(4-2-5)11-8(10)12-14/h1-4,14H,(H2,9,13)(H3,10,11,12). The van der Waals surface area contributed by atoms with E-state index < -0.39 is 5.91 Å². The fourth-order valence-corrected chi connectivity index (χ4v) is 0.864. The van der Waals surface area contributed by atoms with Crippen molar-refractivity contribution in [3.63, 3.8) is 0 Å². The molecule has 1 amide bonds. The molecule has 6 heteroatoms. The van der Waals surface area contributed by atoms with E-state index in [4.69, 9.17) is 16.7 Å². The Bertz CT molecular complexity index is 358. The minimum absolute atomic E-state index is 0.128. The van der Waals surface area contributed by atoms with Gasteiger partial charge in [-0.3, -0.25) is 10.0 Å². The van der Waals surface area contributed by atoms with E-state index in [-0.39, 0.29) is 5.96 Å². The smallest absolute Gasteiger partial charge is 0.248 e. The van der Waals surface area contributed by atoms with Crippen LogP contribution in [0.1, 0.15) is 10.4 Å². The summed E-state index contributed by atoms with van der Waals surface area (Å²) in [6.45, 7) is 0. The highest BCUT2D eigenvalue weighted by Gasteiger charge is 1.98. The van der Waals surface area contributed by atoms with E-state index in [2.05, 4.69) is 4.99 Å². The third-order valence-electron chi connectivity index (χ3n) is 1.52. The molecule has 0 radical (unpaired) electrons. The van der Waals surface area contributed by atoms with Crippen molar-refractivity contribution in [3.8, 4) is 0 Å². The summed E-state index contributed by atoms with van der Waals surface area (Å²) in [5.74, 6) is -0.634. The van der Waals surface area contributed by atoms with Gasteiger partial charge < -0.3 is 11.5 Å². The third kappa shape index (κ3) is 2.46. The lowest BCUT2D eigenvalue weighted by atomic mass is 10.2. The molecule has 6 N–H and O–H groups in total. The van der Waals surface area contributed by atoms with Crippen molar-refractivity contribution in [3.05, 3.63) is 29.8 Å². The number of rotatable bonds is 2. The molecule has 0 atom stereocenters. The summed E-state index contributed by atoms with van der Waals surface area (Å²) >= 11 is 0. The molecule has 1 rings (SSSR count). The Morgan fingerprint density at radius 2 is 1.86 bits per heavy atom. The number of hydrogen-bond acceptors (Lipinski definition) is 3. The molecule has 0 aromatic heterocycles. The van der Waals surface area contributed by atoms with Crippen molar-refractivity contribution >= 4 is 17.6 Å². The zero-order valence-corrected chi connectivity index (χ0v) is 7.27. The summed E-state index contributed by atoms with van der Waals surface area (Å²) in [6.07, 6.45) is 0. The van der Waals surface area contributed by atoms with Crippen molar-refractivity contribution < 1.29 is 10.0 Å². The van der Waals surface area contributed by atoms with E-state index in [9.17, 15) is 4.79 Å². The van der Waals surface area contributed by atoms with Crippen LogP contribution in [0.5, 0.6) is 0 Å². The highest BCUT2D eigenvalue weighted by molar-refractivity contribution is 5.93. The maximum absolute atomic E-state index is 10.7. The van der Waals surface area contributed by atoms with Crippen LogP contribution < -0.4 is 16.9 Å². The molecule has 6 nitrogen and oxygen atoms in total. The van der Waals surface area contributed by atoms with E-state index in [1.165, 1.54) is 12.1 Å². The van der Waals surface area contributed by atoms with Gasteiger partial charge in [0.05, 0.1) is 5.69 Å². The number of primary amides is 1. The zero-order chi connectivity index (χ0) is 10.6. The molecule has 74 valence electrons. The SMILES string of the molecule is NC(=O)c1ccc(N=C(N)NO)cc1. The van der Waals surface area contributed by atoms with Crippen LogP contribution in [0.25, 0.3) is 0 Å². The van der Waals surface area contributed by atoms with Crippen molar-refractivity contribution in [1.29, 1.82) is 0 Å². The number of guanidine groups is 1. The number of carbonyl (C=O) groups excluding carboxylic acids is 1. The molecule has 0 aliphatic heterocycles. The second-order valence-corrected chi connectivity index (χ2v) is 2.52. The first kappa shape index (κ1) is 10.0. The van der Waals surface area contributed by atoms with Crippen LogP contribution in [0.4, 0.5) is 5.69 Å². The summed E-state index contributed by atoms with van der Waals surface area (Å²) in [5.41, 5.74) is 12.8. The summed E-state index contributed by atoms with van der Waals surface area (Å²) in [7, 11) is 0. The summed E-state index contributed by atoms with van der Waals surface area (Å²) in [4.78, 5) is 14.5. The van der Waals surface area contributed by atoms with Crippen LogP contribution in [-0.4, -0.2) is 17.1 Å². The number of nitrogens with one attached hydrogen (secondary N) is 1. The van der Waals surface area contributed by atoms with Crippen LogP contribution in [0.2, 0.25) is 0 Å². The van der Waals surface area contributed by atoms with Crippen molar-refractivity contribution in [1.82, 2.24) is 5.48 Å². The van der Waals surface area contributed by atoms with Gasteiger partial charge in [-0.25, -0.2) is 10.5 Å². The molecule has 0 fully saturated rings. The highest BCUT2D eigenvalue weighted by Crippen LogP contribution is 2.12. The Morgan fingerprint density at radius 3 is 2.29 bits per heavy atom. The Hall–Kier alpha value is -2.08. The van der Waals surface area contributed by atoms with E-state index >= 15 is 0 Å². The first-order chi connectivity index (χ1) is 6.63. The number of carbonyl (C=O) groups is 1. The second kappa shape index (κ2) is 4.24. The highest BCUT2D eigenvalue weighted by atomic mass is 16.5. The molecule has 0 spiro atoms. The van der Waals surface area contributed by atoms with E-state index in [0.717, 1.165) is 0 Å². The molecule has 0 heterocycles. The Labute approximate surface area is 80.2 Å². The summed E-state index contributed by atoms with van der Waals surface area (Å²) in [5, 5.41) is 8.36. The van der Waals surface area contributed by atoms with Gasteiger partial charge in [0.15, 0.2) is 0 Å². The lowest BCUT2D eigenvalue weighted by molar-refractivity contribution is 0.100. The normalized spacial score (nSPS) is 11.1. The molecule has 0 aliphatic rings. The van der Waals surface area contributed by atoms with Crippen molar-refractivity contribution in [2.24, 2.45) is 16.5 Å². The quantitative estimate of drug-likeness (QED) is 0.294. The minimum Gasteiger partial charge on any atom is -0.368 e. The molecule has 14 heavy (non-hydrogen) atoms. The molecule has 0 saturated carbocycles. The molecule has 0 bridgehead atoms. The number of amides is 1.